The number of benzene rings is 1. The van der Waals surface area contributed by atoms with E-state index in [1.165, 1.54) is 0 Å². The van der Waals surface area contributed by atoms with Crippen molar-refractivity contribution < 1.29 is 9.53 Å². The minimum atomic E-state index is -0.477. The van der Waals surface area contributed by atoms with E-state index in [1.54, 1.807) is 6.92 Å². The highest BCUT2D eigenvalue weighted by Gasteiger charge is 2.13. The highest BCUT2D eigenvalue weighted by molar-refractivity contribution is 5.85. The van der Waals surface area contributed by atoms with Gasteiger partial charge in [0.1, 0.15) is 5.75 Å². The molecule has 1 aromatic rings. The molecule has 3 N–H and O–H groups in total. The summed E-state index contributed by atoms with van der Waals surface area (Å²) in [7, 11) is 0. The van der Waals surface area contributed by atoms with Gasteiger partial charge in [0.2, 0.25) is 0 Å². The summed E-state index contributed by atoms with van der Waals surface area (Å²) in [6, 6.07) is 9.32. The molecular weight excluding hydrogens is 252 g/mol. The normalized spacial score (nSPS) is 11.2. The average molecular weight is 273 g/mol. The van der Waals surface area contributed by atoms with E-state index in [-0.39, 0.29) is 18.3 Å². The second-order valence-electron chi connectivity index (χ2n) is 3.86. The fraction of sp³-hybridized carbons (Fsp3) is 0.462. The molecule has 4 nitrogen and oxygen atoms in total. The van der Waals surface area contributed by atoms with Crippen LogP contribution in [-0.2, 0) is 4.79 Å². The first-order valence-electron chi connectivity index (χ1n) is 5.93. The lowest BCUT2D eigenvalue weighted by Gasteiger charge is -2.14. The number of hydrogen-bond acceptors (Lipinski definition) is 3. The Bertz CT molecular complexity index is 333. The molecule has 1 amide bonds. The summed E-state index contributed by atoms with van der Waals surface area (Å²) >= 11 is 0. The molecule has 0 radical (unpaired) electrons. The number of amides is 1. The molecule has 0 aliphatic carbocycles. The van der Waals surface area contributed by atoms with Crippen molar-refractivity contribution in [2.24, 2.45) is 5.73 Å². The number of halogens is 1. The second-order valence-corrected chi connectivity index (χ2v) is 3.86. The summed E-state index contributed by atoms with van der Waals surface area (Å²) in [6.45, 7) is 3.05. The molecule has 0 fully saturated rings. The van der Waals surface area contributed by atoms with Gasteiger partial charge in [0.25, 0.3) is 5.91 Å². The van der Waals surface area contributed by atoms with Crippen LogP contribution in [0.4, 0.5) is 0 Å². The molecule has 5 heteroatoms. The molecule has 0 saturated carbocycles. The topological polar surface area (TPSA) is 64.3 Å². The minimum Gasteiger partial charge on any atom is -0.481 e. The zero-order valence-corrected chi connectivity index (χ0v) is 11.4. The molecule has 1 aromatic carbocycles. The van der Waals surface area contributed by atoms with Gasteiger partial charge in [0.05, 0.1) is 0 Å². The standard InChI is InChI=1S/C13H20N2O2.ClH/c1-11(13(16)15-10-6-5-9-14)17-12-7-3-2-4-8-12;/h2-4,7-8,11H,5-6,9-10,14H2,1H3,(H,15,16);1H. The third-order valence-corrected chi connectivity index (χ3v) is 2.36. The lowest BCUT2D eigenvalue weighted by atomic mass is 10.3. The number of nitrogens with two attached hydrogens (primary N) is 1. The SMILES string of the molecule is CC(Oc1ccccc1)C(=O)NCCCCN.Cl. The quantitative estimate of drug-likeness (QED) is 0.743. The van der Waals surface area contributed by atoms with Gasteiger partial charge in [-0.1, -0.05) is 18.2 Å². The van der Waals surface area contributed by atoms with Crippen LogP contribution in [0, 0.1) is 0 Å². The van der Waals surface area contributed by atoms with Crippen LogP contribution in [0.3, 0.4) is 0 Å². The van der Waals surface area contributed by atoms with E-state index >= 15 is 0 Å². The molecule has 0 aliphatic heterocycles. The van der Waals surface area contributed by atoms with Crippen LogP contribution in [0.25, 0.3) is 0 Å². The molecule has 1 rings (SSSR count). The number of nitrogens with one attached hydrogen (secondary N) is 1. The minimum absolute atomic E-state index is 0. The van der Waals surface area contributed by atoms with Gasteiger partial charge in [-0.15, -0.1) is 12.4 Å². The van der Waals surface area contributed by atoms with E-state index in [0.717, 1.165) is 12.8 Å². The van der Waals surface area contributed by atoms with Crippen molar-refractivity contribution in [3.63, 3.8) is 0 Å². The molecule has 0 aliphatic rings. The van der Waals surface area contributed by atoms with Crippen molar-refractivity contribution in [3.8, 4) is 5.75 Å². The molecule has 0 saturated heterocycles. The van der Waals surface area contributed by atoms with Crippen molar-refractivity contribution in [1.82, 2.24) is 5.32 Å². The highest BCUT2D eigenvalue weighted by Crippen LogP contribution is 2.10. The number of unbranched alkanes of at least 4 members (excludes halogenated alkanes) is 1. The summed E-state index contributed by atoms with van der Waals surface area (Å²) in [5.74, 6) is 0.614. The van der Waals surface area contributed by atoms with Gasteiger partial charge in [-0.05, 0) is 38.4 Å². The molecule has 0 bridgehead atoms. The van der Waals surface area contributed by atoms with E-state index in [0.29, 0.717) is 18.8 Å². The number of hydrogen-bond donors (Lipinski definition) is 2. The Kier molecular flexibility index (Phi) is 9.06. The molecule has 0 aromatic heterocycles. The van der Waals surface area contributed by atoms with Gasteiger partial charge >= 0.3 is 0 Å². The number of ether oxygens (including phenoxy) is 1. The summed E-state index contributed by atoms with van der Waals surface area (Å²) < 4.78 is 5.50. The first-order valence-corrected chi connectivity index (χ1v) is 5.93. The fourth-order valence-electron chi connectivity index (χ4n) is 1.38. The zero-order chi connectivity index (χ0) is 12.5. The molecule has 18 heavy (non-hydrogen) atoms. The fourth-order valence-corrected chi connectivity index (χ4v) is 1.38. The molecule has 1 unspecified atom stereocenters. The van der Waals surface area contributed by atoms with Gasteiger partial charge in [0.15, 0.2) is 6.10 Å². The van der Waals surface area contributed by atoms with E-state index in [4.69, 9.17) is 10.5 Å². The Morgan fingerprint density at radius 3 is 2.61 bits per heavy atom. The van der Waals surface area contributed by atoms with Crippen LogP contribution >= 0.6 is 12.4 Å². The predicted octanol–water partition coefficient (Wildman–Crippen LogP) is 1.73. The summed E-state index contributed by atoms with van der Waals surface area (Å²) in [5, 5.41) is 2.82. The van der Waals surface area contributed by atoms with E-state index in [1.807, 2.05) is 30.3 Å². The lowest BCUT2D eigenvalue weighted by Crippen LogP contribution is -2.36. The number of carbonyl (C=O) groups is 1. The van der Waals surface area contributed by atoms with Crippen molar-refractivity contribution >= 4 is 18.3 Å². The molecule has 102 valence electrons. The van der Waals surface area contributed by atoms with Crippen LogP contribution in [0.5, 0.6) is 5.75 Å². The third kappa shape index (κ3) is 6.47. The first kappa shape index (κ1) is 16.7. The Hall–Kier alpha value is -1.26. The predicted molar refractivity (Wildman–Crippen MR) is 75.1 cm³/mol. The van der Waals surface area contributed by atoms with Crippen LogP contribution in [0.2, 0.25) is 0 Å². The van der Waals surface area contributed by atoms with Gasteiger partial charge < -0.3 is 15.8 Å². The first-order chi connectivity index (χ1) is 8.24. The Labute approximate surface area is 114 Å². The van der Waals surface area contributed by atoms with Crippen molar-refractivity contribution in [1.29, 1.82) is 0 Å². The molecular formula is C13H21ClN2O2. The van der Waals surface area contributed by atoms with E-state index < -0.39 is 6.10 Å². The number of rotatable bonds is 7. The average Bonchev–Trinajstić information content (AvgIpc) is 2.35. The maximum absolute atomic E-state index is 11.6. The van der Waals surface area contributed by atoms with Crippen LogP contribution < -0.4 is 15.8 Å². The maximum Gasteiger partial charge on any atom is 0.260 e. The van der Waals surface area contributed by atoms with E-state index in [9.17, 15) is 4.79 Å². The van der Waals surface area contributed by atoms with Gasteiger partial charge in [-0.25, -0.2) is 0 Å². The Balaban J connectivity index is 0.00000289. The van der Waals surface area contributed by atoms with Gasteiger partial charge in [-0.3, -0.25) is 4.79 Å². The lowest BCUT2D eigenvalue weighted by molar-refractivity contribution is -0.127. The zero-order valence-electron chi connectivity index (χ0n) is 10.6. The van der Waals surface area contributed by atoms with E-state index in [2.05, 4.69) is 5.32 Å². The number of para-hydroxylation sites is 1. The molecule has 1 atom stereocenters. The van der Waals surface area contributed by atoms with Crippen molar-refractivity contribution in [2.45, 2.75) is 25.9 Å². The van der Waals surface area contributed by atoms with Crippen LogP contribution in [0.1, 0.15) is 19.8 Å². The van der Waals surface area contributed by atoms with Crippen LogP contribution in [0.15, 0.2) is 30.3 Å². The molecule has 0 spiro atoms. The summed E-state index contributed by atoms with van der Waals surface area (Å²) in [5.41, 5.74) is 5.37. The Morgan fingerprint density at radius 1 is 1.33 bits per heavy atom. The highest BCUT2D eigenvalue weighted by atomic mass is 35.5. The smallest absolute Gasteiger partial charge is 0.260 e. The largest absolute Gasteiger partial charge is 0.481 e. The maximum atomic E-state index is 11.6. The third-order valence-electron chi connectivity index (χ3n) is 2.36. The second kappa shape index (κ2) is 9.74. The summed E-state index contributed by atoms with van der Waals surface area (Å²) in [6.07, 6.45) is 1.35. The van der Waals surface area contributed by atoms with Crippen molar-refractivity contribution in [3.05, 3.63) is 30.3 Å². The van der Waals surface area contributed by atoms with Crippen molar-refractivity contribution in [2.75, 3.05) is 13.1 Å². The monoisotopic (exact) mass is 272 g/mol. The molecule has 0 heterocycles. The van der Waals surface area contributed by atoms with Gasteiger partial charge in [-0.2, -0.15) is 0 Å². The number of carbonyl (C=O) groups excluding carboxylic acids is 1. The summed E-state index contributed by atoms with van der Waals surface area (Å²) in [4.78, 5) is 11.6. The van der Waals surface area contributed by atoms with Crippen LogP contribution in [-0.4, -0.2) is 25.1 Å². The van der Waals surface area contributed by atoms with Gasteiger partial charge in [0, 0.05) is 6.54 Å². The Morgan fingerprint density at radius 2 is 2.00 bits per heavy atom.